The lowest BCUT2D eigenvalue weighted by Gasteiger charge is -2.40. The molecule has 2 unspecified atom stereocenters. The SMILES string of the molecule is CC1CCCC(C)N1C[C@H]1CCCN1. The van der Waals surface area contributed by atoms with E-state index < -0.39 is 0 Å². The van der Waals surface area contributed by atoms with E-state index in [1.807, 2.05) is 0 Å². The number of likely N-dealkylation sites (tertiary alicyclic amines) is 1. The zero-order chi connectivity index (χ0) is 9.97. The third kappa shape index (κ3) is 2.29. The van der Waals surface area contributed by atoms with Crippen molar-refractivity contribution in [2.45, 2.75) is 64.1 Å². The summed E-state index contributed by atoms with van der Waals surface area (Å²) in [5, 5.41) is 3.60. The average molecular weight is 196 g/mol. The van der Waals surface area contributed by atoms with Gasteiger partial charge in [-0.1, -0.05) is 6.42 Å². The normalized spacial score (nSPS) is 40.3. The predicted octanol–water partition coefficient (Wildman–Crippen LogP) is 2.00. The molecule has 14 heavy (non-hydrogen) atoms. The minimum Gasteiger partial charge on any atom is -0.313 e. The van der Waals surface area contributed by atoms with E-state index >= 15 is 0 Å². The van der Waals surface area contributed by atoms with Crippen molar-refractivity contribution in [1.82, 2.24) is 10.2 Å². The largest absolute Gasteiger partial charge is 0.313 e. The van der Waals surface area contributed by atoms with Gasteiger partial charge in [-0.25, -0.2) is 0 Å². The zero-order valence-electron chi connectivity index (χ0n) is 9.63. The highest BCUT2D eigenvalue weighted by atomic mass is 15.2. The molecule has 0 aromatic rings. The van der Waals surface area contributed by atoms with E-state index in [1.54, 1.807) is 0 Å². The summed E-state index contributed by atoms with van der Waals surface area (Å²) in [6.07, 6.45) is 6.99. The molecule has 0 saturated carbocycles. The van der Waals surface area contributed by atoms with Crippen LogP contribution in [-0.4, -0.2) is 36.1 Å². The number of hydrogen-bond donors (Lipinski definition) is 1. The molecule has 0 amide bonds. The van der Waals surface area contributed by atoms with Crippen molar-refractivity contribution >= 4 is 0 Å². The van der Waals surface area contributed by atoms with Crippen molar-refractivity contribution in [1.29, 1.82) is 0 Å². The van der Waals surface area contributed by atoms with Crippen LogP contribution in [0.15, 0.2) is 0 Å². The molecule has 2 rings (SSSR count). The molecule has 2 saturated heterocycles. The van der Waals surface area contributed by atoms with Crippen molar-refractivity contribution in [3.8, 4) is 0 Å². The van der Waals surface area contributed by atoms with E-state index in [0.29, 0.717) is 0 Å². The van der Waals surface area contributed by atoms with Crippen LogP contribution >= 0.6 is 0 Å². The first-order chi connectivity index (χ1) is 6.77. The van der Waals surface area contributed by atoms with Gasteiger partial charge in [0.1, 0.15) is 0 Å². The Kier molecular flexibility index (Phi) is 3.45. The lowest BCUT2D eigenvalue weighted by atomic mass is 9.96. The molecule has 0 spiro atoms. The Bertz CT molecular complexity index is 165. The quantitative estimate of drug-likeness (QED) is 0.726. The summed E-state index contributed by atoms with van der Waals surface area (Å²) in [5.74, 6) is 0. The van der Waals surface area contributed by atoms with Crippen LogP contribution in [0, 0.1) is 0 Å². The number of nitrogens with one attached hydrogen (secondary N) is 1. The summed E-state index contributed by atoms with van der Waals surface area (Å²) in [5.41, 5.74) is 0. The number of nitrogens with zero attached hydrogens (tertiary/aromatic N) is 1. The first-order valence-corrected chi connectivity index (χ1v) is 6.26. The summed E-state index contributed by atoms with van der Waals surface area (Å²) in [7, 11) is 0. The second-order valence-electron chi connectivity index (χ2n) is 5.12. The molecule has 2 nitrogen and oxygen atoms in total. The fourth-order valence-electron chi connectivity index (χ4n) is 3.00. The second kappa shape index (κ2) is 4.63. The Morgan fingerprint density at radius 3 is 2.36 bits per heavy atom. The van der Waals surface area contributed by atoms with Crippen molar-refractivity contribution in [3.63, 3.8) is 0 Å². The van der Waals surface area contributed by atoms with E-state index in [1.165, 1.54) is 45.2 Å². The Labute approximate surface area is 88.1 Å². The second-order valence-corrected chi connectivity index (χ2v) is 5.12. The number of rotatable bonds is 2. The molecule has 0 radical (unpaired) electrons. The molecule has 0 bridgehead atoms. The van der Waals surface area contributed by atoms with Crippen LogP contribution in [0.3, 0.4) is 0 Å². The molecule has 0 aromatic carbocycles. The molecule has 2 heteroatoms. The van der Waals surface area contributed by atoms with Crippen LogP contribution < -0.4 is 5.32 Å². The Morgan fingerprint density at radius 2 is 1.79 bits per heavy atom. The van der Waals surface area contributed by atoms with Crippen LogP contribution in [0.5, 0.6) is 0 Å². The van der Waals surface area contributed by atoms with Crippen molar-refractivity contribution in [2.75, 3.05) is 13.1 Å². The van der Waals surface area contributed by atoms with Crippen LogP contribution in [0.25, 0.3) is 0 Å². The Morgan fingerprint density at radius 1 is 1.07 bits per heavy atom. The van der Waals surface area contributed by atoms with E-state index in [0.717, 1.165) is 18.1 Å². The van der Waals surface area contributed by atoms with E-state index in [2.05, 4.69) is 24.1 Å². The van der Waals surface area contributed by atoms with Crippen molar-refractivity contribution in [3.05, 3.63) is 0 Å². The predicted molar refractivity (Wildman–Crippen MR) is 60.5 cm³/mol. The first-order valence-electron chi connectivity index (χ1n) is 6.26. The lowest BCUT2D eigenvalue weighted by molar-refractivity contribution is 0.0936. The highest BCUT2D eigenvalue weighted by molar-refractivity contribution is 4.85. The highest BCUT2D eigenvalue weighted by Crippen LogP contribution is 2.23. The lowest BCUT2D eigenvalue weighted by Crippen LogP contribution is -2.49. The third-order valence-electron chi connectivity index (χ3n) is 3.97. The molecule has 0 aliphatic carbocycles. The van der Waals surface area contributed by atoms with Gasteiger partial charge in [0.25, 0.3) is 0 Å². The molecule has 2 aliphatic heterocycles. The average Bonchev–Trinajstić information content (AvgIpc) is 2.64. The van der Waals surface area contributed by atoms with Crippen LogP contribution in [-0.2, 0) is 0 Å². The molecular formula is C12H24N2. The maximum absolute atomic E-state index is 3.60. The van der Waals surface area contributed by atoms with Crippen LogP contribution in [0.2, 0.25) is 0 Å². The van der Waals surface area contributed by atoms with Gasteiger partial charge < -0.3 is 5.32 Å². The zero-order valence-corrected chi connectivity index (χ0v) is 9.63. The minimum atomic E-state index is 0.776. The van der Waals surface area contributed by atoms with Gasteiger partial charge in [0.15, 0.2) is 0 Å². The van der Waals surface area contributed by atoms with Gasteiger partial charge in [-0.2, -0.15) is 0 Å². The summed E-state index contributed by atoms with van der Waals surface area (Å²) in [6.45, 7) is 7.30. The van der Waals surface area contributed by atoms with Gasteiger partial charge >= 0.3 is 0 Å². The monoisotopic (exact) mass is 196 g/mol. The summed E-state index contributed by atoms with van der Waals surface area (Å²) >= 11 is 0. The minimum absolute atomic E-state index is 0.776. The number of hydrogen-bond acceptors (Lipinski definition) is 2. The fourth-order valence-corrected chi connectivity index (χ4v) is 3.00. The van der Waals surface area contributed by atoms with Crippen LogP contribution in [0.1, 0.15) is 46.0 Å². The maximum atomic E-state index is 3.60. The molecule has 3 atom stereocenters. The summed E-state index contributed by atoms with van der Waals surface area (Å²) < 4.78 is 0. The smallest absolute Gasteiger partial charge is 0.0195 e. The molecular weight excluding hydrogens is 172 g/mol. The van der Waals surface area contributed by atoms with Crippen molar-refractivity contribution in [2.24, 2.45) is 0 Å². The molecule has 2 heterocycles. The Hall–Kier alpha value is -0.0800. The molecule has 1 N–H and O–H groups in total. The summed E-state index contributed by atoms with van der Waals surface area (Å²) in [4.78, 5) is 2.71. The molecule has 2 fully saturated rings. The highest BCUT2D eigenvalue weighted by Gasteiger charge is 2.27. The summed E-state index contributed by atoms with van der Waals surface area (Å²) in [6, 6.07) is 2.39. The molecule has 82 valence electrons. The van der Waals surface area contributed by atoms with Gasteiger partial charge in [-0.15, -0.1) is 0 Å². The topological polar surface area (TPSA) is 15.3 Å². The first kappa shape index (κ1) is 10.4. The Balaban J connectivity index is 1.86. The van der Waals surface area contributed by atoms with Gasteiger partial charge in [0.2, 0.25) is 0 Å². The van der Waals surface area contributed by atoms with Gasteiger partial charge in [-0.3, -0.25) is 4.90 Å². The molecule has 0 aromatic heterocycles. The van der Waals surface area contributed by atoms with Gasteiger partial charge in [-0.05, 0) is 46.1 Å². The fraction of sp³-hybridized carbons (Fsp3) is 1.00. The van der Waals surface area contributed by atoms with Crippen LogP contribution in [0.4, 0.5) is 0 Å². The van der Waals surface area contributed by atoms with E-state index in [4.69, 9.17) is 0 Å². The standard InChI is InChI=1S/C12H24N2/c1-10-5-3-6-11(2)14(10)9-12-7-4-8-13-12/h10-13H,3-9H2,1-2H3/t10?,11?,12-/m1/s1. The molecule has 2 aliphatic rings. The van der Waals surface area contributed by atoms with Crippen molar-refractivity contribution < 1.29 is 0 Å². The van der Waals surface area contributed by atoms with E-state index in [9.17, 15) is 0 Å². The van der Waals surface area contributed by atoms with Gasteiger partial charge in [0.05, 0.1) is 0 Å². The number of piperidine rings is 1. The van der Waals surface area contributed by atoms with Gasteiger partial charge in [0, 0.05) is 24.7 Å². The maximum Gasteiger partial charge on any atom is 0.0195 e. The van der Waals surface area contributed by atoms with E-state index in [-0.39, 0.29) is 0 Å². The third-order valence-corrected chi connectivity index (χ3v) is 3.97.